The maximum atomic E-state index is 11.3. The minimum atomic E-state index is -0.759. The van der Waals surface area contributed by atoms with Gasteiger partial charge in [0, 0.05) is 13.1 Å². The molecule has 1 saturated carbocycles. The van der Waals surface area contributed by atoms with Crippen LogP contribution < -0.4 is 9.47 Å². The standard InChI is InChI=1S/C21H23ClN6O4/c1-12-17(32-14-5-3-4-13(8-14)21(29)30)7-6-15(25-12)20-16(28(2)27-26-20)10-31-19-9-18(22)23-11-24-19/h6-7,9,11,13-14H,3-5,8,10H2,1-2H3,(H,29,30)/t13-,14-/m0/s1. The highest BCUT2D eigenvalue weighted by atomic mass is 35.5. The maximum absolute atomic E-state index is 11.3. The van der Waals surface area contributed by atoms with Crippen molar-refractivity contribution in [3.05, 3.63) is 41.1 Å². The molecule has 32 heavy (non-hydrogen) atoms. The van der Waals surface area contributed by atoms with Crippen LogP contribution in [0.4, 0.5) is 0 Å². The van der Waals surface area contributed by atoms with Gasteiger partial charge in [0.05, 0.1) is 23.4 Å². The normalized spacial score (nSPS) is 18.3. The zero-order valence-corrected chi connectivity index (χ0v) is 18.5. The molecule has 3 aromatic heterocycles. The van der Waals surface area contributed by atoms with Crippen molar-refractivity contribution in [1.29, 1.82) is 0 Å². The van der Waals surface area contributed by atoms with Crippen LogP contribution in [0, 0.1) is 12.8 Å². The Balaban J connectivity index is 1.49. The van der Waals surface area contributed by atoms with E-state index in [0.717, 1.165) is 18.5 Å². The number of carboxylic acid groups (broad SMARTS) is 1. The van der Waals surface area contributed by atoms with Gasteiger partial charge in [-0.3, -0.25) is 4.79 Å². The summed E-state index contributed by atoms with van der Waals surface area (Å²) < 4.78 is 13.4. The van der Waals surface area contributed by atoms with E-state index in [2.05, 4.69) is 25.3 Å². The fraction of sp³-hybridized carbons (Fsp3) is 0.429. The van der Waals surface area contributed by atoms with Crippen molar-refractivity contribution < 1.29 is 19.4 Å². The van der Waals surface area contributed by atoms with Gasteiger partial charge in [-0.2, -0.15) is 0 Å². The van der Waals surface area contributed by atoms with E-state index >= 15 is 0 Å². The second kappa shape index (κ2) is 9.47. The smallest absolute Gasteiger partial charge is 0.306 e. The predicted molar refractivity (Wildman–Crippen MR) is 114 cm³/mol. The number of hydrogen-bond donors (Lipinski definition) is 1. The summed E-state index contributed by atoms with van der Waals surface area (Å²) in [7, 11) is 1.77. The molecule has 10 nitrogen and oxygen atoms in total. The zero-order chi connectivity index (χ0) is 22.7. The first-order chi connectivity index (χ1) is 15.4. The summed E-state index contributed by atoms with van der Waals surface area (Å²) >= 11 is 5.88. The molecule has 0 spiro atoms. The third-order valence-electron chi connectivity index (χ3n) is 5.46. The fourth-order valence-corrected chi connectivity index (χ4v) is 3.87. The summed E-state index contributed by atoms with van der Waals surface area (Å²) in [5, 5.41) is 17.9. The van der Waals surface area contributed by atoms with Crippen molar-refractivity contribution in [3.8, 4) is 23.0 Å². The van der Waals surface area contributed by atoms with E-state index in [1.807, 2.05) is 19.1 Å². The topological polar surface area (TPSA) is 125 Å². The van der Waals surface area contributed by atoms with Crippen LogP contribution in [0.5, 0.6) is 11.6 Å². The lowest BCUT2D eigenvalue weighted by Crippen LogP contribution is -2.29. The highest BCUT2D eigenvalue weighted by Gasteiger charge is 2.28. The predicted octanol–water partition coefficient (Wildman–Crippen LogP) is 3.23. The number of rotatable bonds is 7. The van der Waals surface area contributed by atoms with E-state index in [0.29, 0.717) is 46.7 Å². The van der Waals surface area contributed by atoms with E-state index in [4.69, 9.17) is 21.1 Å². The second-order valence-electron chi connectivity index (χ2n) is 7.70. The molecule has 3 aromatic rings. The van der Waals surface area contributed by atoms with E-state index < -0.39 is 5.97 Å². The Kier molecular flexibility index (Phi) is 6.50. The molecule has 168 valence electrons. The van der Waals surface area contributed by atoms with Gasteiger partial charge in [0.15, 0.2) is 0 Å². The lowest BCUT2D eigenvalue weighted by atomic mass is 9.87. The molecule has 11 heteroatoms. The summed E-state index contributed by atoms with van der Waals surface area (Å²) in [5.41, 5.74) is 2.64. The first kappa shape index (κ1) is 21.9. The van der Waals surface area contributed by atoms with Crippen molar-refractivity contribution in [3.63, 3.8) is 0 Å². The SMILES string of the molecule is Cc1nc(-c2nnn(C)c2COc2cc(Cl)ncn2)ccc1O[C@H]1CCC[C@H](C(=O)O)C1. The van der Waals surface area contributed by atoms with E-state index in [-0.39, 0.29) is 18.6 Å². The number of carbonyl (C=O) groups is 1. The second-order valence-corrected chi connectivity index (χ2v) is 8.08. The largest absolute Gasteiger partial charge is 0.489 e. The van der Waals surface area contributed by atoms with Crippen molar-refractivity contribution >= 4 is 17.6 Å². The quantitative estimate of drug-likeness (QED) is 0.531. The number of aromatic nitrogens is 6. The maximum Gasteiger partial charge on any atom is 0.306 e. The number of aryl methyl sites for hydroxylation is 2. The molecule has 2 atom stereocenters. The minimum Gasteiger partial charge on any atom is -0.489 e. The Morgan fingerprint density at radius 1 is 1.31 bits per heavy atom. The fourth-order valence-electron chi connectivity index (χ4n) is 3.74. The number of nitrogens with zero attached hydrogens (tertiary/aromatic N) is 6. The molecular weight excluding hydrogens is 436 g/mol. The van der Waals surface area contributed by atoms with Crippen molar-refractivity contribution in [2.24, 2.45) is 13.0 Å². The molecule has 0 radical (unpaired) electrons. The Morgan fingerprint density at radius 3 is 2.91 bits per heavy atom. The third kappa shape index (κ3) is 4.96. The van der Waals surface area contributed by atoms with Gasteiger partial charge >= 0.3 is 5.97 Å². The first-order valence-corrected chi connectivity index (χ1v) is 10.6. The van der Waals surface area contributed by atoms with Crippen LogP contribution >= 0.6 is 11.6 Å². The summed E-state index contributed by atoms with van der Waals surface area (Å²) in [6.07, 6.45) is 4.08. The van der Waals surface area contributed by atoms with Crippen molar-refractivity contribution in [2.45, 2.75) is 45.3 Å². The molecule has 0 unspecified atom stereocenters. The van der Waals surface area contributed by atoms with Gasteiger partial charge in [-0.25, -0.2) is 19.6 Å². The average Bonchev–Trinajstić information content (AvgIpc) is 3.14. The minimum absolute atomic E-state index is 0.128. The first-order valence-electron chi connectivity index (χ1n) is 10.3. The average molecular weight is 459 g/mol. The molecule has 1 aliphatic carbocycles. The lowest BCUT2D eigenvalue weighted by Gasteiger charge is -2.27. The summed E-state index contributed by atoms with van der Waals surface area (Å²) in [6.45, 7) is 2.02. The number of halogens is 1. The Labute approximate surface area is 189 Å². The van der Waals surface area contributed by atoms with Crippen molar-refractivity contribution in [2.75, 3.05) is 0 Å². The summed E-state index contributed by atoms with van der Waals surface area (Å²) in [5.74, 6) is -0.127. The van der Waals surface area contributed by atoms with Crippen LogP contribution in [-0.4, -0.2) is 47.1 Å². The Hall–Kier alpha value is -3.27. The molecule has 3 heterocycles. The van der Waals surface area contributed by atoms with Crippen LogP contribution in [0.15, 0.2) is 24.5 Å². The zero-order valence-electron chi connectivity index (χ0n) is 17.7. The highest BCUT2D eigenvalue weighted by Crippen LogP contribution is 2.30. The van der Waals surface area contributed by atoms with Crippen molar-refractivity contribution in [1.82, 2.24) is 29.9 Å². The van der Waals surface area contributed by atoms with E-state index in [1.165, 1.54) is 12.4 Å². The van der Waals surface area contributed by atoms with Gasteiger partial charge < -0.3 is 14.6 Å². The molecule has 0 saturated heterocycles. The lowest BCUT2D eigenvalue weighted by molar-refractivity contribution is -0.143. The number of aliphatic carboxylic acids is 1. The van der Waals surface area contributed by atoms with Gasteiger partial charge in [0.25, 0.3) is 0 Å². The van der Waals surface area contributed by atoms with Gasteiger partial charge in [-0.15, -0.1) is 5.10 Å². The molecule has 1 aliphatic rings. The molecule has 0 bridgehead atoms. The van der Waals surface area contributed by atoms with Crippen LogP contribution in [0.1, 0.15) is 37.1 Å². The monoisotopic (exact) mass is 458 g/mol. The van der Waals surface area contributed by atoms with Gasteiger partial charge in [-0.05, 0) is 44.7 Å². The molecular formula is C21H23ClN6O4. The number of hydrogen-bond acceptors (Lipinski definition) is 8. The molecule has 1 fully saturated rings. The highest BCUT2D eigenvalue weighted by molar-refractivity contribution is 6.29. The number of pyridine rings is 1. The summed E-state index contributed by atoms with van der Waals surface area (Å²) in [4.78, 5) is 23.8. The number of carboxylic acids is 1. The molecule has 0 aromatic carbocycles. The van der Waals surface area contributed by atoms with Crippen LogP contribution in [-0.2, 0) is 18.4 Å². The number of ether oxygens (including phenoxy) is 2. The van der Waals surface area contributed by atoms with E-state index in [9.17, 15) is 9.90 Å². The van der Waals surface area contributed by atoms with Gasteiger partial charge in [-0.1, -0.05) is 16.8 Å². The van der Waals surface area contributed by atoms with E-state index in [1.54, 1.807) is 11.7 Å². The van der Waals surface area contributed by atoms with Crippen LogP contribution in [0.3, 0.4) is 0 Å². The Bertz CT molecular complexity index is 1120. The molecule has 0 amide bonds. The summed E-state index contributed by atoms with van der Waals surface area (Å²) in [6, 6.07) is 5.18. The molecule has 0 aliphatic heterocycles. The van der Waals surface area contributed by atoms with Crippen LogP contribution in [0.25, 0.3) is 11.4 Å². The van der Waals surface area contributed by atoms with Crippen LogP contribution in [0.2, 0.25) is 5.15 Å². The third-order valence-corrected chi connectivity index (χ3v) is 5.66. The van der Waals surface area contributed by atoms with Gasteiger partial charge in [0.2, 0.25) is 5.88 Å². The van der Waals surface area contributed by atoms with Gasteiger partial charge in [0.1, 0.15) is 35.2 Å². The molecule has 4 rings (SSSR count). The Morgan fingerprint density at radius 2 is 2.16 bits per heavy atom. The molecule has 1 N–H and O–H groups in total.